The number of hydrogen-bond acceptors (Lipinski definition) is 2. The third kappa shape index (κ3) is 19.9. The Balaban J connectivity index is 2.94. The Morgan fingerprint density at radius 1 is 0.591 bits per heavy atom. The van der Waals surface area contributed by atoms with E-state index in [4.69, 9.17) is 10.2 Å². The summed E-state index contributed by atoms with van der Waals surface area (Å²) in [4.78, 5) is 0. The second-order valence-corrected chi connectivity index (χ2v) is 6.74. The van der Waals surface area contributed by atoms with Crippen molar-refractivity contribution in [2.75, 3.05) is 0 Å². The van der Waals surface area contributed by atoms with Gasteiger partial charge in [-0.3, -0.25) is 0 Å². The number of rotatable bonds is 18. The van der Waals surface area contributed by atoms with E-state index in [0.717, 1.165) is 6.42 Å². The fraction of sp³-hybridized carbons (Fsp3) is 0.950. The lowest BCUT2D eigenvalue weighted by Crippen LogP contribution is -2.03. The summed E-state index contributed by atoms with van der Waals surface area (Å²) in [5.41, 5.74) is 0. The highest BCUT2D eigenvalue weighted by Crippen LogP contribution is 2.14. The normalized spacial score (nSPS) is 11.5. The summed E-state index contributed by atoms with van der Waals surface area (Å²) in [7, 11) is 0. The standard InChI is InChI=1S/C20H41O2/c1-2-3-4-5-6-7-8-9-10-11-12-13-14-15-16-17-18-19-20(21)22/h18,20-22H,2-17,19H2,1H3. The molecular formula is C20H41O2. The zero-order valence-corrected chi connectivity index (χ0v) is 15.1. The molecule has 0 rings (SSSR count). The fourth-order valence-corrected chi connectivity index (χ4v) is 2.93. The second-order valence-electron chi connectivity index (χ2n) is 6.74. The molecule has 0 unspecified atom stereocenters. The molecule has 0 saturated carbocycles. The average molecular weight is 314 g/mol. The van der Waals surface area contributed by atoms with Crippen molar-refractivity contribution in [1.82, 2.24) is 0 Å². The molecule has 1 radical (unpaired) electrons. The molecule has 0 aliphatic rings. The highest BCUT2D eigenvalue weighted by Gasteiger charge is 1.97. The van der Waals surface area contributed by atoms with Gasteiger partial charge in [-0.1, -0.05) is 103 Å². The van der Waals surface area contributed by atoms with Crippen LogP contribution in [0.5, 0.6) is 0 Å². The van der Waals surface area contributed by atoms with Crippen molar-refractivity contribution in [3.63, 3.8) is 0 Å². The molecule has 2 nitrogen and oxygen atoms in total. The van der Waals surface area contributed by atoms with E-state index in [-0.39, 0.29) is 0 Å². The molecule has 0 aromatic carbocycles. The van der Waals surface area contributed by atoms with Crippen LogP contribution < -0.4 is 0 Å². The molecule has 0 fully saturated rings. The first-order valence-corrected chi connectivity index (χ1v) is 9.95. The van der Waals surface area contributed by atoms with Gasteiger partial charge in [0, 0.05) is 6.42 Å². The number of unbranched alkanes of at least 4 members (excludes halogenated alkanes) is 16. The first-order chi connectivity index (χ1) is 10.8. The van der Waals surface area contributed by atoms with Gasteiger partial charge in [0.1, 0.15) is 0 Å². The third-order valence-corrected chi connectivity index (χ3v) is 4.39. The summed E-state index contributed by atoms with van der Waals surface area (Å²) in [5, 5.41) is 17.4. The van der Waals surface area contributed by atoms with Crippen molar-refractivity contribution in [2.45, 2.75) is 122 Å². The molecule has 0 atom stereocenters. The second kappa shape index (κ2) is 19.0. The molecule has 22 heavy (non-hydrogen) atoms. The Morgan fingerprint density at radius 2 is 0.955 bits per heavy atom. The summed E-state index contributed by atoms with van der Waals surface area (Å²) in [6, 6.07) is 0. The van der Waals surface area contributed by atoms with Crippen LogP contribution in [0.15, 0.2) is 0 Å². The molecule has 0 saturated heterocycles. The molecule has 0 spiro atoms. The monoisotopic (exact) mass is 313 g/mol. The quantitative estimate of drug-likeness (QED) is 0.235. The van der Waals surface area contributed by atoms with Gasteiger partial charge in [-0.25, -0.2) is 0 Å². The minimum atomic E-state index is -1.16. The smallest absolute Gasteiger partial charge is 0.151 e. The number of aliphatic hydroxyl groups is 2. The van der Waals surface area contributed by atoms with E-state index in [1.807, 2.05) is 6.42 Å². The van der Waals surface area contributed by atoms with Crippen LogP contribution in [-0.4, -0.2) is 16.5 Å². The predicted octanol–water partition coefficient (Wildman–Crippen LogP) is 6.15. The van der Waals surface area contributed by atoms with Crippen LogP contribution in [0.3, 0.4) is 0 Å². The Labute approximate surface area is 139 Å². The van der Waals surface area contributed by atoms with E-state index in [1.165, 1.54) is 96.3 Å². The average Bonchev–Trinajstić information content (AvgIpc) is 2.50. The fourth-order valence-electron chi connectivity index (χ4n) is 2.93. The maximum atomic E-state index is 8.70. The van der Waals surface area contributed by atoms with Gasteiger partial charge in [-0.05, 0) is 12.8 Å². The minimum absolute atomic E-state index is 0.415. The van der Waals surface area contributed by atoms with E-state index in [0.29, 0.717) is 6.42 Å². The Bertz CT molecular complexity index is 192. The summed E-state index contributed by atoms with van der Waals surface area (Å²) in [6.07, 6.45) is 23.2. The van der Waals surface area contributed by atoms with Crippen molar-refractivity contribution in [3.05, 3.63) is 6.42 Å². The molecule has 0 bridgehead atoms. The van der Waals surface area contributed by atoms with E-state index in [9.17, 15) is 0 Å². The lowest BCUT2D eigenvalue weighted by Gasteiger charge is -2.04. The zero-order valence-electron chi connectivity index (χ0n) is 15.1. The van der Waals surface area contributed by atoms with E-state index in [1.54, 1.807) is 0 Å². The third-order valence-electron chi connectivity index (χ3n) is 4.39. The van der Waals surface area contributed by atoms with Crippen LogP contribution in [0.25, 0.3) is 0 Å². The van der Waals surface area contributed by atoms with Gasteiger partial charge >= 0.3 is 0 Å². The summed E-state index contributed by atoms with van der Waals surface area (Å²) < 4.78 is 0. The molecule has 0 aromatic heterocycles. The van der Waals surface area contributed by atoms with Crippen molar-refractivity contribution < 1.29 is 10.2 Å². The molecule has 2 N–H and O–H groups in total. The van der Waals surface area contributed by atoms with Crippen LogP contribution in [0, 0.1) is 6.42 Å². The lowest BCUT2D eigenvalue weighted by atomic mass is 10.0. The maximum Gasteiger partial charge on any atom is 0.151 e. The summed E-state index contributed by atoms with van der Waals surface area (Å²) in [6.45, 7) is 2.28. The molecule has 0 heterocycles. The van der Waals surface area contributed by atoms with Crippen LogP contribution in [0.4, 0.5) is 0 Å². The van der Waals surface area contributed by atoms with E-state index in [2.05, 4.69) is 6.92 Å². The first-order valence-electron chi connectivity index (χ1n) is 9.95. The number of aliphatic hydroxyl groups excluding tert-OH is 1. The molecule has 0 aliphatic heterocycles. The van der Waals surface area contributed by atoms with Crippen LogP contribution in [0.1, 0.15) is 116 Å². The Hall–Kier alpha value is -0.0800. The Morgan fingerprint density at radius 3 is 1.32 bits per heavy atom. The van der Waals surface area contributed by atoms with E-state index >= 15 is 0 Å². The van der Waals surface area contributed by atoms with Crippen LogP contribution in [-0.2, 0) is 0 Å². The van der Waals surface area contributed by atoms with Gasteiger partial charge in [0.15, 0.2) is 6.29 Å². The van der Waals surface area contributed by atoms with Crippen molar-refractivity contribution in [2.24, 2.45) is 0 Å². The predicted molar refractivity (Wildman–Crippen MR) is 96.7 cm³/mol. The maximum absolute atomic E-state index is 8.70. The highest BCUT2D eigenvalue weighted by molar-refractivity contribution is 4.65. The molecule has 0 amide bonds. The summed E-state index contributed by atoms with van der Waals surface area (Å²) >= 11 is 0. The molecule has 2 heteroatoms. The minimum Gasteiger partial charge on any atom is -0.368 e. The van der Waals surface area contributed by atoms with Crippen molar-refractivity contribution >= 4 is 0 Å². The summed E-state index contributed by atoms with van der Waals surface area (Å²) in [5.74, 6) is 0. The molecule has 0 aromatic rings. The molecule has 0 aliphatic carbocycles. The molecule has 133 valence electrons. The molecular weight excluding hydrogens is 272 g/mol. The lowest BCUT2D eigenvalue weighted by molar-refractivity contribution is -0.0393. The largest absolute Gasteiger partial charge is 0.368 e. The van der Waals surface area contributed by atoms with Gasteiger partial charge < -0.3 is 10.2 Å². The highest BCUT2D eigenvalue weighted by atomic mass is 16.5. The van der Waals surface area contributed by atoms with Gasteiger partial charge in [-0.15, -0.1) is 0 Å². The van der Waals surface area contributed by atoms with Crippen molar-refractivity contribution in [1.29, 1.82) is 0 Å². The van der Waals surface area contributed by atoms with Gasteiger partial charge in [-0.2, -0.15) is 0 Å². The van der Waals surface area contributed by atoms with E-state index < -0.39 is 6.29 Å². The van der Waals surface area contributed by atoms with Crippen LogP contribution >= 0.6 is 0 Å². The topological polar surface area (TPSA) is 40.5 Å². The SMILES string of the molecule is CCCCCCCCCCCCCCCCC[CH]CC(O)O. The van der Waals surface area contributed by atoms with Gasteiger partial charge in [0.25, 0.3) is 0 Å². The van der Waals surface area contributed by atoms with Crippen molar-refractivity contribution in [3.8, 4) is 0 Å². The Kier molecular flexibility index (Phi) is 18.9. The van der Waals surface area contributed by atoms with Gasteiger partial charge in [0.05, 0.1) is 0 Å². The number of hydrogen-bond donors (Lipinski definition) is 2. The first kappa shape index (κ1) is 21.9. The van der Waals surface area contributed by atoms with Crippen LogP contribution in [0.2, 0.25) is 0 Å². The van der Waals surface area contributed by atoms with Gasteiger partial charge in [0.2, 0.25) is 0 Å². The zero-order chi connectivity index (χ0) is 16.3.